The molecule has 2 aromatic rings. The van der Waals surface area contributed by atoms with Crippen LogP contribution in [0.3, 0.4) is 0 Å². The summed E-state index contributed by atoms with van der Waals surface area (Å²) in [6.45, 7) is 3.07. The Morgan fingerprint density at radius 3 is 2.33 bits per heavy atom. The van der Waals surface area contributed by atoms with Gasteiger partial charge >= 0.3 is 0 Å². The van der Waals surface area contributed by atoms with Gasteiger partial charge in [0.25, 0.3) is 5.91 Å². The van der Waals surface area contributed by atoms with Gasteiger partial charge in [-0.15, -0.1) is 0 Å². The average Bonchev–Trinajstić information content (AvgIpc) is 2.63. The normalized spacial score (nSPS) is 10.6. The minimum absolute atomic E-state index is 0.0679. The molecule has 0 unspecified atom stereocenters. The summed E-state index contributed by atoms with van der Waals surface area (Å²) < 4.78 is 53.6. The summed E-state index contributed by atoms with van der Waals surface area (Å²) in [6.07, 6.45) is 0.521. The summed E-state index contributed by atoms with van der Waals surface area (Å²) in [5, 5.41) is 2.11. The maximum absolute atomic E-state index is 13.7. The van der Waals surface area contributed by atoms with Crippen molar-refractivity contribution in [3.63, 3.8) is 0 Å². The number of anilines is 1. The van der Waals surface area contributed by atoms with Crippen molar-refractivity contribution in [2.45, 2.75) is 20.3 Å². The van der Waals surface area contributed by atoms with Crippen LogP contribution in [0.5, 0.6) is 0 Å². The number of rotatable bonds is 6. The second-order valence-electron chi connectivity index (χ2n) is 5.96. The Bertz CT molecular complexity index is 871. The molecule has 0 radical (unpaired) electrons. The lowest BCUT2D eigenvalue weighted by atomic mass is 10.1. The standard InChI is InChI=1S/C19H18F4N2O2/c1-3-8-25(19(27)12-5-4-11(2)14(21)9-12)10-16(26)24-15-7-6-13(20)17(22)18(15)23/h4-7,9H,3,8,10H2,1-2H3,(H,24,26). The van der Waals surface area contributed by atoms with Gasteiger partial charge in [0.05, 0.1) is 5.69 Å². The minimum atomic E-state index is -1.70. The van der Waals surface area contributed by atoms with Crippen LogP contribution >= 0.6 is 0 Å². The summed E-state index contributed by atoms with van der Waals surface area (Å²) in [5.41, 5.74) is -0.0947. The zero-order valence-electron chi connectivity index (χ0n) is 14.8. The third kappa shape index (κ3) is 4.84. The first kappa shape index (κ1) is 20.4. The lowest BCUT2D eigenvalue weighted by molar-refractivity contribution is -0.116. The third-order valence-corrected chi connectivity index (χ3v) is 3.84. The Hall–Kier alpha value is -2.90. The fourth-order valence-electron chi connectivity index (χ4n) is 2.42. The quantitative estimate of drug-likeness (QED) is 0.606. The molecule has 0 spiro atoms. The van der Waals surface area contributed by atoms with Crippen LogP contribution in [0.25, 0.3) is 0 Å². The van der Waals surface area contributed by atoms with E-state index < -0.39 is 47.3 Å². The number of carbonyl (C=O) groups is 2. The molecule has 2 amide bonds. The molecule has 144 valence electrons. The molecule has 2 rings (SSSR count). The molecule has 0 atom stereocenters. The number of hydrogen-bond donors (Lipinski definition) is 1. The maximum Gasteiger partial charge on any atom is 0.254 e. The number of amides is 2. The number of nitrogens with zero attached hydrogens (tertiary/aromatic N) is 1. The Morgan fingerprint density at radius 1 is 1.00 bits per heavy atom. The van der Waals surface area contributed by atoms with Gasteiger partial charge in [-0.1, -0.05) is 13.0 Å². The van der Waals surface area contributed by atoms with Crippen LogP contribution in [0.4, 0.5) is 23.2 Å². The van der Waals surface area contributed by atoms with Gasteiger partial charge in [0, 0.05) is 12.1 Å². The molecule has 27 heavy (non-hydrogen) atoms. The predicted molar refractivity (Wildman–Crippen MR) is 92.3 cm³/mol. The first-order valence-corrected chi connectivity index (χ1v) is 8.23. The molecule has 4 nitrogen and oxygen atoms in total. The van der Waals surface area contributed by atoms with Crippen molar-refractivity contribution in [2.24, 2.45) is 0 Å². The smallest absolute Gasteiger partial charge is 0.254 e. The van der Waals surface area contributed by atoms with E-state index in [-0.39, 0.29) is 12.1 Å². The predicted octanol–water partition coefficient (Wildman–Crippen LogP) is 4.04. The average molecular weight is 382 g/mol. The highest BCUT2D eigenvalue weighted by molar-refractivity contribution is 5.99. The van der Waals surface area contributed by atoms with E-state index in [9.17, 15) is 27.2 Å². The van der Waals surface area contributed by atoms with Crippen LogP contribution in [0.1, 0.15) is 29.3 Å². The summed E-state index contributed by atoms with van der Waals surface area (Å²) in [7, 11) is 0. The van der Waals surface area contributed by atoms with Gasteiger partial charge in [0.1, 0.15) is 12.4 Å². The number of halogens is 4. The van der Waals surface area contributed by atoms with E-state index in [2.05, 4.69) is 5.32 Å². The maximum atomic E-state index is 13.7. The molecule has 0 aromatic heterocycles. The lowest BCUT2D eigenvalue weighted by Crippen LogP contribution is -2.38. The molecular weight excluding hydrogens is 364 g/mol. The Labute approximate surface area is 153 Å². The van der Waals surface area contributed by atoms with Crippen LogP contribution in [0, 0.1) is 30.2 Å². The van der Waals surface area contributed by atoms with Crippen molar-refractivity contribution in [1.29, 1.82) is 0 Å². The topological polar surface area (TPSA) is 49.4 Å². The molecular formula is C19H18F4N2O2. The monoisotopic (exact) mass is 382 g/mol. The molecule has 0 bridgehead atoms. The zero-order valence-corrected chi connectivity index (χ0v) is 14.8. The van der Waals surface area contributed by atoms with Gasteiger partial charge in [0.15, 0.2) is 17.5 Å². The molecule has 0 aliphatic heterocycles. The number of aryl methyl sites for hydroxylation is 1. The number of hydrogen-bond acceptors (Lipinski definition) is 2. The molecule has 0 saturated heterocycles. The van der Waals surface area contributed by atoms with Crippen LogP contribution in [0.2, 0.25) is 0 Å². The second-order valence-corrected chi connectivity index (χ2v) is 5.96. The van der Waals surface area contributed by atoms with Gasteiger partial charge in [-0.2, -0.15) is 0 Å². The van der Waals surface area contributed by atoms with Gasteiger partial charge in [-0.05, 0) is 43.2 Å². The van der Waals surface area contributed by atoms with Gasteiger partial charge < -0.3 is 10.2 Å². The summed E-state index contributed by atoms with van der Waals surface area (Å²) in [6, 6.07) is 5.53. The van der Waals surface area contributed by atoms with Crippen molar-refractivity contribution in [1.82, 2.24) is 4.90 Å². The minimum Gasteiger partial charge on any atom is -0.329 e. The lowest BCUT2D eigenvalue weighted by Gasteiger charge is -2.22. The van der Waals surface area contributed by atoms with Crippen LogP contribution in [0.15, 0.2) is 30.3 Å². The van der Waals surface area contributed by atoms with Crippen LogP contribution in [-0.4, -0.2) is 29.8 Å². The van der Waals surface area contributed by atoms with Crippen LogP contribution in [-0.2, 0) is 4.79 Å². The van der Waals surface area contributed by atoms with E-state index in [0.717, 1.165) is 17.0 Å². The molecule has 8 heteroatoms. The SMILES string of the molecule is CCCN(CC(=O)Nc1ccc(F)c(F)c1F)C(=O)c1ccc(C)c(F)c1. The molecule has 0 heterocycles. The van der Waals surface area contributed by atoms with Crippen molar-refractivity contribution < 1.29 is 27.2 Å². The van der Waals surface area contributed by atoms with Crippen molar-refractivity contribution in [3.8, 4) is 0 Å². The van der Waals surface area contributed by atoms with E-state index in [1.807, 2.05) is 0 Å². The Balaban J connectivity index is 2.15. The van der Waals surface area contributed by atoms with Crippen molar-refractivity contribution >= 4 is 17.5 Å². The van der Waals surface area contributed by atoms with Gasteiger partial charge in [-0.25, -0.2) is 17.6 Å². The largest absolute Gasteiger partial charge is 0.329 e. The van der Waals surface area contributed by atoms with Crippen molar-refractivity contribution in [2.75, 3.05) is 18.4 Å². The summed E-state index contributed by atoms with van der Waals surface area (Å²) in [4.78, 5) is 25.9. The third-order valence-electron chi connectivity index (χ3n) is 3.84. The Morgan fingerprint density at radius 2 is 1.70 bits per heavy atom. The molecule has 0 aliphatic carbocycles. The Kier molecular flexibility index (Phi) is 6.55. The van der Waals surface area contributed by atoms with Crippen LogP contribution < -0.4 is 5.32 Å². The first-order valence-electron chi connectivity index (χ1n) is 8.23. The molecule has 1 N–H and O–H groups in total. The van der Waals surface area contributed by atoms with E-state index in [4.69, 9.17) is 0 Å². The van der Waals surface area contributed by atoms with E-state index in [1.54, 1.807) is 13.8 Å². The first-order chi connectivity index (χ1) is 12.7. The summed E-state index contributed by atoms with van der Waals surface area (Å²) >= 11 is 0. The molecule has 2 aromatic carbocycles. The van der Waals surface area contributed by atoms with Crippen molar-refractivity contribution in [3.05, 3.63) is 64.7 Å². The summed E-state index contributed by atoms with van der Waals surface area (Å²) in [5.74, 6) is -6.53. The van der Waals surface area contributed by atoms with Gasteiger partial charge in [0.2, 0.25) is 5.91 Å². The van der Waals surface area contributed by atoms with Gasteiger partial charge in [-0.3, -0.25) is 9.59 Å². The zero-order chi connectivity index (χ0) is 20.1. The van der Waals surface area contributed by atoms with E-state index >= 15 is 0 Å². The number of nitrogens with one attached hydrogen (secondary N) is 1. The van der Waals surface area contributed by atoms with E-state index in [1.165, 1.54) is 12.1 Å². The number of benzene rings is 2. The number of carbonyl (C=O) groups excluding carboxylic acids is 2. The molecule has 0 saturated carbocycles. The highest BCUT2D eigenvalue weighted by Gasteiger charge is 2.21. The fourth-order valence-corrected chi connectivity index (χ4v) is 2.42. The fraction of sp³-hybridized carbons (Fsp3) is 0.263. The van der Waals surface area contributed by atoms with E-state index in [0.29, 0.717) is 18.1 Å². The molecule has 0 fully saturated rings. The molecule has 0 aliphatic rings. The highest BCUT2D eigenvalue weighted by atomic mass is 19.2. The second kappa shape index (κ2) is 8.66. The highest BCUT2D eigenvalue weighted by Crippen LogP contribution is 2.19.